The fourth-order valence-corrected chi connectivity index (χ4v) is 4.96. The average Bonchev–Trinajstić information content (AvgIpc) is 3.33. The number of fused-ring (bicyclic) bond motifs is 1. The lowest BCUT2D eigenvalue weighted by Crippen LogP contribution is -2.46. The number of anilines is 1. The molecule has 0 spiro atoms. The third-order valence-corrected chi connectivity index (χ3v) is 6.49. The maximum Gasteiger partial charge on any atom is 0.303 e. The monoisotopic (exact) mass is 412 g/mol. The molecule has 1 atom stereocenters. The summed E-state index contributed by atoms with van der Waals surface area (Å²) in [4.78, 5) is 34.6. The minimum Gasteiger partial charge on any atom is -0.481 e. The van der Waals surface area contributed by atoms with E-state index in [1.54, 1.807) is 12.4 Å². The summed E-state index contributed by atoms with van der Waals surface area (Å²) in [6.45, 7) is 1.20. The standard InChI is InChI=1S/C22H28N4O4/c27-18(12-21(13-19(28)29)6-1-2-7-21)25-14-22(30)8-11-26(15-22)17-5-10-23-16-4-3-9-24-20(16)17/h3-5,9-10,30H,1-2,6-8,11-15H2,(H,25,27)(H,28,29)/t22-/m0/s1. The molecule has 2 aromatic heterocycles. The van der Waals surface area contributed by atoms with Crippen LogP contribution in [0.15, 0.2) is 30.6 Å². The number of carbonyl (C=O) groups is 2. The smallest absolute Gasteiger partial charge is 0.303 e. The van der Waals surface area contributed by atoms with Crippen LogP contribution in [0.4, 0.5) is 5.69 Å². The number of rotatable bonds is 7. The highest BCUT2D eigenvalue weighted by molar-refractivity contribution is 5.87. The van der Waals surface area contributed by atoms with Crippen molar-refractivity contribution in [3.05, 3.63) is 30.6 Å². The normalized spacial score (nSPS) is 23.0. The van der Waals surface area contributed by atoms with Gasteiger partial charge in [0.2, 0.25) is 5.91 Å². The number of β-amino-alcohol motifs (C(OH)–C–C–N with tert-alkyl or cyclic N) is 1. The van der Waals surface area contributed by atoms with Gasteiger partial charge in [0, 0.05) is 38.4 Å². The lowest BCUT2D eigenvalue weighted by atomic mass is 9.79. The maximum absolute atomic E-state index is 12.6. The number of carboxylic acid groups (broad SMARTS) is 1. The Morgan fingerprint density at radius 3 is 2.67 bits per heavy atom. The van der Waals surface area contributed by atoms with Crippen molar-refractivity contribution in [3.63, 3.8) is 0 Å². The molecule has 8 nitrogen and oxygen atoms in total. The third kappa shape index (κ3) is 4.38. The molecular weight excluding hydrogens is 384 g/mol. The minimum atomic E-state index is -1.03. The summed E-state index contributed by atoms with van der Waals surface area (Å²) in [5.74, 6) is -1.03. The molecule has 0 bridgehead atoms. The van der Waals surface area contributed by atoms with Crippen molar-refractivity contribution >= 4 is 28.6 Å². The molecule has 2 aromatic rings. The van der Waals surface area contributed by atoms with Crippen LogP contribution in [0.2, 0.25) is 0 Å². The Morgan fingerprint density at radius 2 is 1.90 bits per heavy atom. The summed E-state index contributed by atoms with van der Waals surface area (Å²) >= 11 is 0. The molecule has 2 aliphatic rings. The number of carboxylic acids is 1. The summed E-state index contributed by atoms with van der Waals surface area (Å²) in [7, 11) is 0. The molecule has 0 radical (unpaired) electrons. The van der Waals surface area contributed by atoms with Crippen LogP contribution < -0.4 is 10.2 Å². The number of hydrogen-bond donors (Lipinski definition) is 3. The molecule has 3 N–H and O–H groups in total. The SMILES string of the molecule is O=C(O)CC1(CC(=O)NC[C@@]2(O)CCN(c3ccnc4cccnc34)C2)CCCC1. The van der Waals surface area contributed by atoms with Crippen molar-refractivity contribution < 1.29 is 19.8 Å². The van der Waals surface area contributed by atoms with Gasteiger partial charge in [0.15, 0.2) is 0 Å². The molecule has 1 aliphatic carbocycles. The number of aromatic nitrogens is 2. The maximum atomic E-state index is 12.6. The lowest BCUT2D eigenvalue weighted by Gasteiger charge is -2.28. The van der Waals surface area contributed by atoms with Gasteiger partial charge in [-0.3, -0.25) is 19.6 Å². The van der Waals surface area contributed by atoms with Gasteiger partial charge < -0.3 is 20.4 Å². The zero-order valence-electron chi connectivity index (χ0n) is 17.0. The first-order valence-electron chi connectivity index (χ1n) is 10.5. The predicted octanol–water partition coefficient (Wildman–Crippen LogP) is 2.11. The van der Waals surface area contributed by atoms with Crippen LogP contribution in [0, 0.1) is 5.41 Å². The van der Waals surface area contributed by atoms with E-state index in [0.717, 1.165) is 42.4 Å². The number of nitrogens with one attached hydrogen (secondary N) is 1. The van der Waals surface area contributed by atoms with Crippen molar-refractivity contribution in [2.24, 2.45) is 5.41 Å². The quantitative estimate of drug-likeness (QED) is 0.638. The van der Waals surface area contributed by atoms with Crippen molar-refractivity contribution in [2.45, 2.75) is 50.5 Å². The second kappa shape index (κ2) is 8.18. The van der Waals surface area contributed by atoms with Crippen LogP contribution in [-0.4, -0.2) is 57.3 Å². The number of hydrogen-bond acceptors (Lipinski definition) is 6. The van der Waals surface area contributed by atoms with Gasteiger partial charge in [0.1, 0.15) is 11.1 Å². The molecule has 1 amide bonds. The van der Waals surface area contributed by atoms with E-state index in [1.165, 1.54) is 0 Å². The summed E-state index contributed by atoms with van der Waals surface area (Å²) in [6.07, 6.45) is 7.71. The minimum absolute atomic E-state index is 0.0284. The van der Waals surface area contributed by atoms with E-state index in [2.05, 4.69) is 20.2 Å². The van der Waals surface area contributed by atoms with Gasteiger partial charge in [-0.1, -0.05) is 12.8 Å². The Bertz CT molecular complexity index is 938. The Labute approximate surface area is 175 Å². The second-order valence-electron chi connectivity index (χ2n) is 8.83. The van der Waals surface area contributed by atoms with Gasteiger partial charge in [-0.25, -0.2) is 0 Å². The molecule has 2 fully saturated rings. The van der Waals surface area contributed by atoms with Gasteiger partial charge >= 0.3 is 5.97 Å². The largest absolute Gasteiger partial charge is 0.481 e. The summed E-state index contributed by atoms with van der Waals surface area (Å²) < 4.78 is 0. The Hall–Kier alpha value is -2.74. The highest BCUT2D eigenvalue weighted by Crippen LogP contribution is 2.44. The van der Waals surface area contributed by atoms with Crippen LogP contribution >= 0.6 is 0 Å². The molecule has 1 saturated heterocycles. The van der Waals surface area contributed by atoms with E-state index < -0.39 is 17.0 Å². The van der Waals surface area contributed by atoms with E-state index in [9.17, 15) is 19.8 Å². The lowest BCUT2D eigenvalue weighted by molar-refractivity contribution is -0.140. The van der Waals surface area contributed by atoms with Gasteiger partial charge in [-0.05, 0) is 42.9 Å². The first-order valence-corrected chi connectivity index (χ1v) is 10.5. The number of pyridine rings is 2. The van der Waals surface area contributed by atoms with Crippen LogP contribution in [0.1, 0.15) is 44.9 Å². The van der Waals surface area contributed by atoms with Crippen LogP contribution in [-0.2, 0) is 9.59 Å². The number of aliphatic carboxylic acids is 1. The summed E-state index contributed by atoms with van der Waals surface area (Å²) in [5.41, 5.74) is 1.05. The molecule has 30 heavy (non-hydrogen) atoms. The van der Waals surface area contributed by atoms with E-state index >= 15 is 0 Å². The van der Waals surface area contributed by atoms with Gasteiger partial charge in [0.25, 0.3) is 0 Å². The van der Waals surface area contributed by atoms with Crippen molar-refractivity contribution in [1.82, 2.24) is 15.3 Å². The van der Waals surface area contributed by atoms with Crippen LogP contribution in [0.5, 0.6) is 0 Å². The van der Waals surface area contributed by atoms with E-state index in [4.69, 9.17) is 0 Å². The summed E-state index contributed by atoms with van der Waals surface area (Å²) in [6, 6.07) is 5.65. The summed E-state index contributed by atoms with van der Waals surface area (Å²) in [5, 5.41) is 23.1. The number of amides is 1. The van der Waals surface area contributed by atoms with Crippen LogP contribution in [0.3, 0.4) is 0 Å². The van der Waals surface area contributed by atoms with Crippen molar-refractivity contribution in [1.29, 1.82) is 0 Å². The molecule has 4 rings (SSSR count). The predicted molar refractivity (Wildman–Crippen MR) is 112 cm³/mol. The Balaban J connectivity index is 1.37. The van der Waals surface area contributed by atoms with Crippen molar-refractivity contribution in [2.75, 3.05) is 24.5 Å². The Morgan fingerprint density at radius 1 is 1.10 bits per heavy atom. The average molecular weight is 412 g/mol. The van der Waals surface area contributed by atoms with E-state index in [1.807, 2.05) is 18.2 Å². The highest BCUT2D eigenvalue weighted by Gasteiger charge is 2.40. The molecule has 8 heteroatoms. The first-order chi connectivity index (χ1) is 14.4. The number of carbonyl (C=O) groups excluding carboxylic acids is 1. The van der Waals surface area contributed by atoms with E-state index in [0.29, 0.717) is 19.5 Å². The zero-order chi connectivity index (χ0) is 21.2. The highest BCUT2D eigenvalue weighted by atomic mass is 16.4. The molecule has 160 valence electrons. The van der Waals surface area contributed by atoms with Gasteiger partial charge in [0.05, 0.1) is 17.6 Å². The Kier molecular flexibility index (Phi) is 5.60. The molecular formula is C22H28N4O4. The molecule has 1 saturated carbocycles. The second-order valence-corrected chi connectivity index (χ2v) is 8.83. The zero-order valence-corrected chi connectivity index (χ0v) is 17.0. The number of aliphatic hydroxyl groups is 1. The topological polar surface area (TPSA) is 116 Å². The van der Waals surface area contributed by atoms with Gasteiger partial charge in [-0.2, -0.15) is 0 Å². The van der Waals surface area contributed by atoms with Gasteiger partial charge in [-0.15, -0.1) is 0 Å². The van der Waals surface area contributed by atoms with Crippen molar-refractivity contribution in [3.8, 4) is 0 Å². The number of nitrogens with zero attached hydrogens (tertiary/aromatic N) is 3. The fourth-order valence-electron chi connectivity index (χ4n) is 4.96. The molecule has 1 aliphatic heterocycles. The fraction of sp³-hybridized carbons (Fsp3) is 0.545. The molecule has 0 unspecified atom stereocenters. The molecule has 3 heterocycles. The third-order valence-electron chi connectivity index (χ3n) is 6.49. The van der Waals surface area contributed by atoms with Crippen LogP contribution in [0.25, 0.3) is 11.0 Å². The van der Waals surface area contributed by atoms with E-state index in [-0.39, 0.29) is 25.3 Å². The molecule has 0 aromatic carbocycles. The first kappa shape index (κ1) is 20.5.